The van der Waals surface area contributed by atoms with Gasteiger partial charge in [0.1, 0.15) is 5.75 Å². The van der Waals surface area contributed by atoms with Crippen LogP contribution in [0.3, 0.4) is 0 Å². The maximum Gasteiger partial charge on any atom is 0.264 e. The van der Waals surface area contributed by atoms with Gasteiger partial charge in [-0.2, -0.15) is 4.98 Å². The van der Waals surface area contributed by atoms with Crippen molar-refractivity contribution in [3.8, 4) is 5.75 Å². The summed E-state index contributed by atoms with van der Waals surface area (Å²) >= 11 is 0. The van der Waals surface area contributed by atoms with Gasteiger partial charge in [-0.15, -0.1) is 12.4 Å². The lowest BCUT2D eigenvalue weighted by atomic mass is 9.98. The second-order valence-corrected chi connectivity index (χ2v) is 6.84. The monoisotopic (exact) mass is 351 g/mol. The molecule has 1 aliphatic carbocycles. The van der Waals surface area contributed by atoms with Crippen molar-refractivity contribution in [2.75, 3.05) is 0 Å². The number of hydrogen-bond acceptors (Lipinski definition) is 5. The Bertz CT molecular complexity index is 679. The summed E-state index contributed by atoms with van der Waals surface area (Å²) in [6.45, 7) is 6.75. The van der Waals surface area contributed by atoms with Crippen LogP contribution in [0.4, 0.5) is 0 Å². The van der Waals surface area contributed by atoms with Gasteiger partial charge in [0.25, 0.3) is 5.89 Å². The van der Waals surface area contributed by atoms with Gasteiger partial charge in [-0.1, -0.05) is 37.9 Å². The minimum atomic E-state index is -0.419. The summed E-state index contributed by atoms with van der Waals surface area (Å²) in [5.41, 5.74) is 8.49. The number of aromatic nitrogens is 2. The Hall–Kier alpha value is -1.59. The summed E-state index contributed by atoms with van der Waals surface area (Å²) in [7, 11) is 0. The smallest absolute Gasteiger partial charge is 0.264 e. The Balaban J connectivity index is 0.00000208. The maximum atomic E-state index is 6.34. The molecular weight excluding hydrogens is 326 g/mol. The first-order chi connectivity index (χ1) is 11.0. The second-order valence-electron chi connectivity index (χ2n) is 6.84. The van der Waals surface area contributed by atoms with Crippen LogP contribution in [0, 0.1) is 6.92 Å². The Kier molecular flexibility index (Phi) is 5.88. The highest BCUT2D eigenvalue weighted by Crippen LogP contribution is 2.34. The number of nitrogens with two attached hydrogens (primary N) is 1. The second kappa shape index (κ2) is 7.53. The molecule has 2 aromatic rings. The van der Waals surface area contributed by atoms with Crippen LogP contribution >= 0.6 is 12.4 Å². The molecule has 0 bridgehead atoms. The number of benzene rings is 1. The van der Waals surface area contributed by atoms with E-state index < -0.39 is 5.54 Å². The third kappa shape index (κ3) is 3.90. The minimum Gasteiger partial charge on any atom is -0.484 e. The molecule has 0 aliphatic heterocycles. The molecule has 5 nitrogen and oxygen atoms in total. The fourth-order valence-electron chi connectivity index (χ4n) is 3.28. The number of halogens is 1. The van der Waals surface area contributed by atoms with Crippen LogP contribution in [0.25, 0.3) is 0 Å². The molecule has 6 heteroatoms. The number of rotatable bonds is 5. The van der Waals surface area contributed by atoms with E-state index in [4.69, 9.17) is 15.0 Å². The first-order valence-electron chi connectivity index (χ1n) is 8.33. The predicted molar refractivity (Wildman–Crippen MR) is 95.5 cm³/mol. The van der Waals surface area contributed by atoms with Crippen molar-refractivity contribution >= 4 is 12.4 Å². The van der Waals surface area contributed by atoms with Crippen LogP contribution in [0.2, 0.25) is 0 Å². The van der Waals surface area contributed by atoms with E-state index in [-0.39, 0.29) is 19.0 Å². The Morgan fingerprint density at radius 3 is 2.62 bits per heavy atom. The SMILES string of the molecule is Cc1cc(OCc2nc(C3(N)CCCC3)no2)ccc1C(C)C.Cl. The van der Waals surface area contributed by atoms with Crippen molar-refractivity contribution in [2.45, 2.75) is 64.5 Å². The standard InChI is InChI=1S/C18H25N3O2.ClH/c1-12(2)15-7-6-14(10-13(15)3)22-11-16-20-17(21-23-16)18(19)8-4-5-9-18;/h6-7,10,12H,4-5,8-9,11,19H2,1-3H3;1H. The quantitative estimate of drug-likeness (QED) is 0.872. The molecule has 1 saturated carbocycles. The van der Waals surface area contributed by atoms with Crippen molar-refractivity contribution in [1.82, 2.24) is 10.1 Å². The lowest BCUT2D eigenvalue weighted by Crippen LogP contribution is -2.34. The van der Waals surface area contributed by atoms with E-state index in [1.54, 1.807) is 0 Å². The highest BCUT2D eigenvalue weighted by molar-refractivity contribution is 5.85. The lowest BCUT2D eigenvalue weighted by molar-refractivity contribution is 0.241. The number of hydrogen-bond donors (Lipinski definition) is 1. The van der Waals surface area contributed by atoms with Crippen LogP contribution < -0.4 is 10.5 Å². The number of aryl methyl sites for hydroxylation is 1. The van der Waals surface area contributed by atoms with Gasteiger partial charge < -0.3 is 15.0 Å². The van der Waals surface area contributed by atoms with E-state index in [0.717, 1.165) is 31.4 Å². The van der Waals surface area contributed by atoms with Gasteiger partial charge in [0.15, 0.2) is 12.4 Å². The molecule has 0 radical (unpaired) electrons. The van der Waals surface area contributed by atoms with Crippen molar-refractivity contribution in [3.63, 3.8) is 0 Å². The molecular formula is C18H26ClN3O2. The molecule has 0 saturated heterocycles. The average molecular weight is 352 g/mol. The molecule has 1 fully saturated rings. The summed E-state index contributed by atoms with van der Waals surface area (Å²) in [6.07, 6.45) is 4.09. The zero-order valence-corrected chi connectivity index (χ0v) is 15.4. The van der Waals surface area contributed by atoms with Crippen molar-refractivity contribution in [1.29, 1.82) is 0 Å². The van der Waals surface area contributed by atoms with Crippen molar-refractivity contribution < 1.29 is 9.26 Å². The third-order valence-corrected chi connectivity index (χ3v) is 4.63. The molecule has 1 aromatic carbocycles. The molecule has 3 rings (SSSR count). The normalized spacial score (nSPS) is 16.2. The molecule has 0 amide bonds. The van der Waals surface area contributed by atoms with Gasteiger partial charge in [-0.05, 0) is 48.9 Å². The van der Waals surface area contributed by atoms with Crippen LogP contribution in [-0.2, 0) is 12.1 Å². The summed E-state index contributed by atoms with van der Waals surface area (Å²) in [5, 5.41) is 4.05. The average Bonchev–Trinajstić information content (AvgIpc) is 3.14. The van der Waals surface area contributed by atoms with Gasteiger partial charge in [-0.3, -0.25) is 0 Å². The minimum absolute atomic E-state index is 0. The molecule has 1 aliphatic rings. The summed E-state index contributed by atoms with van der Waals surface area (Å²) in [5.74, 6) is 2.41. The molecule has 1 heterocycles. The largest absolute Gasteiger partial charge is 0.484 e. The van der Waals surface area contributed by atoms with Gasteiger partial charge in [0.2, 0.25) is 0 Å². The maximum absolute atomic E-state index is 6.34. The Morgan fingerprint density at radius 2 is 2.00 bits per heavy atom. The fourth-order valence-corrected chi connectivity index (χ4v) is 3.28. The van der Waals surface area contributed by atoms with E-state index in [2.05, 4.69) is 37.0 Å². The van der Waals surface area contributed by atoms with Crippen LogP contribution in [-0.4, -0.2) is 10.1 Å². The van der Waals surface area contributed by atoms with Gasteiger partial charge >= 0.3 is 0 Å². The summed E-state index contributed by atoms with van der Waals surface area (Å²) in [4.78, 5) is 4.42. The first-order valence-corrected chi connectivity index (χ1v) is 8.33. The van der Waals surface area contributed by atoms with Gasteiger partial charge in [0.05, 0.1) is 5.54 Å². The van der Waals surface area contributed by atoms with E-state index in [0.29, 0.717) is 17.6 Å². The van der Waals surface area contributed by atoms with Crippen LogP contribution in [0.5, 0.6) is 5.75 Å². The van der Waals surface area contributed by atoms with Crippen molar-refractivity contribution in [3.05, 3.63) is 41.0 Å². The van der Waals surface area contributed by atoms with E-state index >= 15 is 0 Å². The molecule has 1 aromatic heterocycles. The zero-order chi connectivity index (χ0) is 16.4. The highest BCUT2D eigenvalue weighted by atomic mass is 35.5. The Labute approximate surface area is 149 Å². The van der Waals surface area contributed by atoms with Crippen molar-refractivity contribution in [2.24, 2.45) is 5.73 Å². The molecule has 24 heavy (non-hydrogen) atoms. The topological polar surface area (TPSA) is 74.2 Å². The number of ether oxygens (including phenoxy) is 1. The Morgan fingerprint density at radius 1 is 1.29 bits per heavy atom. The predicted octanol–water partition coefficient (Wildman–Crippen LogP) is 4.23. The fraction of sp³-hybridized carbons (Fsp3) is 0.556. The molecule has 0 atom stereocenters. The molecule has 0 unspecified atom stereocenters. The van der Waals surface area contributed by atoms with Gasteiger partial charge in [0, 0.05) is 0 Å². The molecule has 132 valence electrons. The first kappa shape index (κ1) is 18.7. The van der Waals surface area contributed by atoms with E-state index in [1.807, 2.05) is 12.1 Å². The highest BCUT2D eigenvalue weighted by Gasteiger charge is 2.35. The zero-order valence-electron chi connectivity index (χ0n) is 14.5. The van der Waals surface area contributed by atoms with E-state index in [1.165, 1.54) is 11.1 Å². The third-order valence-electron chi connectivity index (χ3n) is 4.63. The summed E-state index contributed by atoms with van der Waals surface area (Å²) < 4.78 is 11.1. The van der Waals surface area contributed by atoms with Crippen LogP contribution in [0.1, 0.15) is 68.3 Å². The number of nitrogens with zero attached hydrogens (tertiary/aromatic N) is 2. The molecule has 0 spiro atoms. The van der Waals surface area contributed by atoms with Crippen LogP contribution in [0.15, 0.2) is 22.7 Å². The summed E-state index contributed by atoms with van der Waals surface area (Å²) in [6, 6.07) is 6.15. The van der Waals surface area contributed by atoms with Gasteiger partial charge in [-0.25, -0.2) is 0 Å². The molecule has 2 N–H and O–H groups in total. The lowest BCUT2D eigenvalue weighted by Gasteiger charge is -2.17. The van der Waals surface area contributed by atoms with E-state index in [9.17, 15) is 0 Å².